The summed E-state index contributed by atoms with van der Waals surface area (Å²) in [5, 5.41) is 0. The third-order valence-electron chi connectivity index (χ3n) is 1.07. The van der Waals surface area contributed by atoms with Crippen molar-refractivity contribution in [1.82, 2.24) is 0 Å². The Morgan fingerprint density at radius 1 is 1.36 bits per heavy atom. The molecule has 0 bridgehead atoms. The molecule has 0 heterocycles. The standard InChI is InChI=1S/C7H10F4/c1-2-3-4-5-6(8)7(9,10)11/h4-6H,2-3H2,1H3. The van der Waals surface area contributed by atoms with Gasteiger partial charge in [-0.1, -0.05) is 19.4 Å². The van der Waals surface area contributed by atoms with E-state index in [9.17, 15) is 17.6 Å². The second-order valence-corrected chi connectivity index (χ2v) is 2.16. The van der Waals surface area contributed by atoms with E-state index in [0.717, 1.165) is 6.42 Å². The molecule has 0 radical (unpaired) electrons. The van der Waals surface area contributed by atoms with Crippen LogP contribution in [0.1, 0.15) is 19.8 Å². The minimum atomic E-state index is -4.75. The Morgan fingerprint density at radius 2 is 1.91 bits per heavy atom. The zero-order valence-corrected chi connectivity index (χ0v) is 6.16. The Balaban J connectivity index is 3.77. The van der Waals surface area contributed by atoms with Crippen molar-refractivity contribution in [2.24, 2.45) is 0 Å². The van der Waals surface area contributed by atoms with Gasteiger partial charge in [-0.05, 0) is 12.5 Å². The second-order valence-electron chi connectivity index (χ2n) is 2.16. The highest BCUT2D eigenvalue weighted by atomic mass is 19.4. The van der Waals surface area contributed by atoms with E-state index < -0.39 is 12.3 Å². The van der Waals surface area contributed by atoms with E-state index in [2.05, 4.69) is 0 Å². The number of allylic oxidation sites excluding steroid dienone is 2. The molecule has 0 aliphatic heterocycles. The monoisotopic (exact) mass is 170 g/mol. The van der Waals surface area contributed by atoms with Crippen LogP contribution in [0.3, 0.4) is 0 Å². The maximum Gasteiger partial charge on any atom is 0.423 e. The molecule has 66 valence electrons. The highest BCUT2D eigenvalue weighted by Gasteiger charge is 2.37. The van der Waals surface area contributed by atoms with Gasteiger partial charge in [0, 0.05) is 0 Å². The maximum atomic E-state index is 12.0. The molecule has 0 spiro atoms. The third-order valence-corrected chi connectivity index (χ3v) is 1.07. The molecule has 11 heavy (non-hydrogen) atoms. The van der Waals surface area contributed by atoms with Crippen molar-refractivity contribution in [3.8, 4) is 0 Å². The second kappa shape index (κ2) is 4.36. The normalized spacial score (nSPS) is 15.7. The van der Waals surface area contributed by atoms with Crippen molar-refractivity contribution in [2.45, 2.75) is 32.1 Å². The van der Waals surface area contributed by atoms with Crippen molar-refractivity contribution in [3.63, 3.8) is 0 Å². The fraction of sp³-hybridized carbons (Fsp3) is 0.714. The lowest BCUT2D eigenvalue weighted by molar-refractivity contribution is -0.166. The average Bonchev–Trinajstić information content (AvgIpc) is 1.86. The number of hydrogen-bond donors (Lipinski definition) is 0. The van der Waals surface area contributed by atoms with Gasteiger partial charge in [-0.25, -0.2) is 4.39 Å². The van der Waals surface area contributed by atoms with Crippen molar-refractivity contribution >= 4 is 0 Å². The predicted molar refractivity (Wildman–Crippen MR) is 35.0 cm³/mol. The van der Waals surface area contributed by atoms with Gasteiger partial charge in [-0.2, -0.15) is 13.2 Å². The third kappa shape index (κ3) is 4.81. The number of rotatable bonds is 3. The summed E-state index contributed by atoms with van der Waals surface area (Å²) in [7, 11) is 0. The first-order valence-electron chi connectivity index (χ1n) is 3.36. The van der Waals surface area contributed by atoms with Gasteiger partial charge in [-0.3, -0.25) is 0 Å². The molecule has 1 atom stereocenters. The van der Waals surface area contributed by atoms with Crippen molar-refractivity contribution < 1.29 is 17.6 Å². The number of unbranched alkanes of at least 4 members (excludes halogenated alkanes) is 1. The van der Waals surface area contributed by atoms with Crippen LogP contribution in [0.2, 0.25) is 0 Å². The first kappa shape index (κ1) is 10.5. The summed E-state index contributed by atoms with van der Waals surface area (Å²) in [5.41, 5.74) is 0. The van der Waals surface area contributed by atoms with Crippen molar-refractivity contribution in [2.75, 3.05) is 0 Å². The van der Waals surface area contributed by atoms with Crippen molar-refractivity contribution in [1.29, 1.82) is 0 Å². The van der Waals surface area contributed by atoms with E-state index in [4.69, 9.17) is 0 Å². The lowest BCUT2D eigenvalue weighted by atomic mass is 10.2. The Hall–Kier alpha value is -0.540. The smallest absolute Gasteiger partial charge is 0.233 e. The van der Waals surface area contributed by atoms with Crippen LogP contribution in [-0.2, 0) is 0 Å². The fourth-order valence-electron chi connectivity index (χ4n) is 0.491. The highest BCUT2D eigenvalue weighted by molar-refractivity contribution is 4.92. The molecule has 1 unspecified atom stereocenters. The number of halogens is 4. The van der Waals surface area contributed by atoms with E-state index in [1.165, 1.54) is 6.08 Å². The van der Waals surface area contributed by atoms with E-state index in [-0.39, 0.29) is 0 Å². The highest BCUT2D eigenvalue weighted by Crippen LogP contribution is 2.23. The lowest BCUT2D eigenvalue weighted by Gasteiger charge is -2.06. The molecular formula is C7H10F4. The topological polar surface area (TPSA) is 0 Å². The van der Waals surface area contributed by atoms with Gasteiger partial charge in [-0.15, -0.1) is 0 Å². The fourth-order valence-corrected chi connectivity index (χ4v) is 0.491. The first-order valence-corrected chi connectivity index (χ1v) is 3.36. The average molecular weight is 170 g/mol. The summed E-state index contributed by atoms with van der Waals surface area (Å²) in [6, 6.07) is 0. The van der Waals surface area contributed by atoms with Crippen LogP contribution >= 0.6 is 0 Å². The quantitative estimate of drug-likeness (QED) is 0.450. The largest absolute Gasteiger partial charge is 0.423 e. The SMILES string of the molecule is CCCC=CC(F)C(F)(F)F. The summed E-state index contributed by atoms with van der Waals surface area (Å²) in [5.74, 6) is 0. The van der Waals surface area contributed by atoms with Gasteiger partial charge in [0.05, 0.1) is 0 Å². The molecule has 4 heteroatoms. The predicted octanol–water partition coefficient (Wildman–Crippen LogP) is 3.24. The van der Waals surface area contributed by atoms with E-state index in [0.29, 0.717) is 12.5 Å². The van der Waals surface area contributed by atoms with Gasteiger partial charge in [0.2, 0.25) is 6.17 Å². The van der Waals surface area contributed by atoms with E-state index >= 15 is 0 Å². The molecule has 0 aromatic rings. The van der Waals surface area contributed by atoms with E-state index in [1.807, 2.05) is 6.92 Å². The van der Waals surface area contributed by atoms with E-state index in [1.54, 1.807) is 0 Å². The number of hydrogen-bond acceptors (Lipinski definition) is 0. The maximum absolute atomic E-state index is 12.0. The first-order chi connectivity index (χ1) is 4.98. The Bertz CT molecular complexity index is 125. The molecule has 0 N–H and O–H groups in total. The molecule has 0 aromatic carbocycles. The molecule has 0 saturated carbocycles. The van der Waals surface area contributed by atoms with Gasteiger partial charge in [0.25, 0.3) is 0 Å². The molecule has 0 amide bonds. The van der Waals surface area contributed by atoms with Crippen LogP contribution < -0.4 is 0 Å². The van der Waals surface area contributed by atoms with Gasteiger partial charge >= 0.3 is 6.18 Å². The van der Waals surface area contributed by atoms with Gasteiger partial charge < -0.3 is 0 Å². The summed E-state index contributed by atoms with van der Waals surface area (Å²) in [6.07, 6.45) is -4.60. The van der Waals surface area contributed by atoms with Gasteiger partial charge in [0.1, 0.15) is 0 Å². The van der Waals surface area contributed by atoms with Crippen LogP contribution in [0, 0.1) is 0 Å². The summed E-state index contributed by atoms with van der Waals surface area (Å²) in [4.78, 5) is 0. The lowest BCUT2D eigenvalue weighted by Crippen LogP contribution is -2.21. The molecule has 0 nitrogen and oxygen atoms in total. The summed E-state index contributed by atoms with van der Waals surface area (Å²) in [6.45, 7) is 1.81. The molecule has 0 saturated heterocycles. The minimum absolute atomic E-state index is 0.483. The zero-order valence-electron chi connectivity index (χ0n) is 6.16. The summed E-state index contributed by atoms with van der Waals surface area (Å²) >= 11 is 0. The number of alkyl halides is 4. The molecule has 0 aliphatic rings. The van der Waals surface area contributed by atoms with Crippen LogP contribution in [-0.4, -0.2) is 12.3 Å². The molecule has 0 aliphatic carbocycles. The molecule has 0 fully saturated rings. The molecule has 0 rings (SSSR count). The van der Waals surface area contributed by atoms with Crippen LogP contribution in [0.5, 0.6) is 0 Å². The summed E-state index contributed by atoms with van der Waals surface area (Å²) < 4.78 is 46.4. The Labute approximate surface area is 62.9 Å². The van der Waals surface area contributed by atoms with Gasteiger partial charge in [0.15, 0.2) is 0 Å². The van der Waals surface area contributed by atoms with Crippen LogP contribution in [0.4, 0.5) is 17.6 Å². The minimum Gasteiger partial charge on any atom is -0.233 e. The van der Waals surface area contributed by atoms with Crippen molar-refractivity contribution in [3.05, 3.63) is 12.2 Å². The molecular weight excluding hydrogens is 160 g/mol. The zero-order chi connectivity index (χ0) is 8.91. The molecule has 0 aromatic heterocycles. The Kier molecular flexibility index (Phi) is 4.15. The van der Waals surface area contributed by atoms with Crippen LogP contribution in [0.15, 0.2) is 12.2 Å². The Morgan fingerprint density at radius 3 is 2.27 bits per heavy atom. The van der Waals surface area contributed by atoms with Crippen LogP contribution in [0.25, 0.3) is 0 Å².